The minimum absolute atomic E-state index is 0.0175. The van der Waals surface area contributed by atoms with Gasteiger partial charge in [0, 0.05) is 12.1 Å². The van der Waals surface area contributed by atoms with Gasteiger partial charge >= 0.3 is 5.51 Å². The first kappa shape index (κ1) is 14.1. The summed E-state index contributed by atoms with van der Waals surface area (Å²) in [5.41, 5.74) is 0.242. The molecule has 1 aromatic rings. The summed E-state index contributed by atoms with van der Waals surface area (Å²) in [4.78, 5) is -0.747. The van der Waals surface area contributed by atoms with Gasteiger partial charge in [-0.15, -0.1) is 0 Å². The summed E-state index contributed by atoms with van der Waals surface area (Å²) >= 11 is 0. The van der Waals surface area contributed by atoms with Crippen molar-refractivity contribution in [1.29, 1.82) is 0 Å². The lowest BCUT2D eigenvalue weighted by atomic mass is 9.87. The van der Waals surface area contributed by atoms with Crippen molar-refractivity contribution in [2.45, 2.75) is 35.3 Å². The number of hydrogen-bond donors (Lipinski definition) is 2. The van der Waals surface area contributed by atoms with Crippen LogP contribution in [-0.2, 0) is 9.84 Å². The summed E-state index contributed by atoms with van der Waals surface area (Å²) in [6.45, 7) is 0. The van der Waals surface area contributed by atoms with Crippen molar-refractivity contribution >= 4 is 15.5 Å². The van der Waals surface area contributed by atoms with Crippen LogP contribution < -0.4 is 11.1 Å². The van der Waals surface area contributed by atoms with Crippen LogP contribution in [0.4, 0.5) is 18.9 Å². The van der Waals surface area contributed by atoms with Gasteiger partial charge in [-0.25, -0.2) is 8.42 Å². The Labute approximate surface area is 108 Å². The van der Waals surface area contributed by atoms with Crippen molar-refractivity contribution in [2.75, 3.05) is 5.32 Å². The lowest BCUT2D eigenvalue weighted by molar-refractivity contribution is -0.0435. The molecule has 0 radical (unpaired) electrons. The molecule has 0 atom stereocenters. The monoisotopic (exact) mass is 294 g/mol. The van der Waals surface area contributed by atoms with Gasteiger partial charge in [-0.2, -0.15) is 13.2 Å². The van der Waals surface area contributed by atoms with Gasteiger partial charge in [0.2, 0.25) is 0 Å². The molecule has 0 aromatic heterocycles. The number of rotatable bonds is 3. The highest BCUT2D eigenvalue weighted by Crippen LogP contribution is 2.35. The summed E-state index contributed by atoms with van der Waals surface area (Å²) in [7, 11) is -5.34. The standard InChI is InChI=1S/C11H13F3N2O2S/c12-11(13,14)19(17,18)10-4-2-1-3-9(10)16-8-5-7(15)6-8/h1-4,7-8,16H,5-6,15H2. The van der Waals surface area contributed by atoms with Crippen molar-refractivity contribution in [3.63, 3.8) is 0 Å². The Morgan fingerprint density at radius 2 is 1.79 bits per heavy atom. The molecule has 1 aliphatic carbocycles. The molecule has 0 amide bonds. The van der Waals surface area contributed by atoms with Crippen molar-refractivity contribution in [1.82, 2.24) is 0 Å². The maximum atomic E-state index is 12.6. The highest BCUT2D eigenvalue weighted by molar-refractivity contribution is 7.92. The maximum absolute atomic E-state index is 12.6. The third kappa shape index (κ3) is 2.69. The number of halogens is 3. The first-order valence-corrected chi connectivity index (χ1v) is 7.12. The average molecular weight is 294 g/mol. The fraction of sp³-hybridized carbons (Fsp3) is 0.455. The predicted octanol–water partition coefficient (Wildman–Crippen LogP) is 1.88. The minimum Gasteiger partial charge on any atom is -0.381 e. The van der Waals surface area contributed by atoms with E-state index in [2.05, 4.69) is 5.32 Å². The molecule has 106 valence electrons. The van der Waals surface area contributed by atoms with E-state index in [1.165, 1.54) is 18.2 Å². The number of alkyl halides is 3. The van der Waals surface area contributed by atoms with E-state index in [1.807, 2.05) is 0 Å². The summed E-state index contributed by atoms with van der Waals surface area (Å²) in [6.07, 6.45) is 1.22. The molecule has 0 heterocycles. The van der Waals surface area contributed by atoms with E-state index in [0.717, 1.165) is 6.07 Å². The largest absolute Gasteiger partial charge is 0.501 e. The van der Waals surface area contributed by atoms with E-state index in [4.69, 9.17) is 5.73 Å². The molecule has 0 spiro atoms. The van der Waals surface area contributed by atoms with Gasteiger partial charge in [-0.05, 0) is 25.0 Å². The van der Waals surface area contributed by atoms with Crippen LogP contribution in [0.2, 0.25) is 0 Å². The Morgan fingerprint density at radius 3 is 2.32 bits per heavy atom. The van der Waals surface area contributed by atoms with Gasteiger partial charge in [-0.1, -0.05) is 12.1 Å². The highest BCUT2D eigenvalue weighted by Gasteiger charge is 2.48. The molecule has 1 saturated carbocycles. The fourth-order valence-electron chi connectivity index (χ4n) is 1.94. The number of nitrogens with two attached hydrogens (primary N) is 1. The lowest BCUT2D eigenvalue weighted by Crippen LogP contribution is -2.44. The number of nitrogens with one attached hydrogen (secondary N) is 1. The zero-order valence-electron chi connectivity index (χ0n) is 9.81. The van der Waals surface area contributed by atoms with Gasteiger partial charge < -0.3 is 11.1 Å². The van der Waals surface area contributed by atoms with Crippen LogP contribution in [0.15, 0.2) is 29.2 Å². The Bertz CT molecular complexity index is 566. The molecule has 1 fully saturated rings. The third-order valence-electron chi connectivity index (χ3n) is 3.02. The second-order valence-electron chi connectivity index (χ2n) is 4.52. The molecule has 2 rings (SSSR count). The molecular formula is C11H13F3N2O2S. The Balaban J connectivity index is 2.31. The molecule has 0 aliphatic heterocycles. The maximum Gasteiger partial charge on any atom is 0.501 e. The van der Waals surface area contributed by atoms with Gasteiger partial charge in [0.25, 0.3) is 9.84 Å². The van der Waals surface area contributed by atoms with E-state index in [9.17, 15) is 21.6 Å². The van der Waals surface area contributed by atoms with Crippen molar-refractivity contribution in [2.24, 2.45) is 5.73 Å². The predicted molar refractivity (Wildman–Crippen MR) is 64.3 cm³/mol. The molecule has 4 nitrogen and oxygen atoms in total. The van der Waals surface area contributed by atoms with Gasteiger partial charge in [0.1, 0.15) is 0 Å². The third-order valence-corrected chi connectivity index (χ3v) is 4.56. The lowest BCUT2D eigenvalue weighted by Gasteiger charge is -2.34. The Morgan fingerprint density at radius 1 is 1.21 bits per heavy atom. The van der Waals surface area contributed by atoms with Gasteiger partial charge in [-0.3, -0.25) is 0 Å². The summed E-state index contributed by atoms with van der Waals surface area (Å²) in [5.74, 6) is 0. The van der Waals surface area contributed by atoms with Crippen LogP contribution in [0.5, 0.6) is 0 Å². The number of para-hydroxylation sites is 1. The minimum atomic E-state index is -5.34. The zero-order chi connectivity index (χ0) is 14.3. The summed E-state index contributed by atoms with van der Waals surface area (Å²) < 4.78 is 60.6. The zero-order valence-corrected chi connectivity index (χ0v) is 10.6. The molecule has 0 unspecified atom stereocenters. The molecule has 1 aliphatic rings. The number of anilines is 1. The van der Waals surface area contributed by atoms with E-state index >= 15 is 0 Å². The second-order valence-corrected chi connectivity index (χ2v) is 6.43. The first-order chi connectivity index (χ1) is 8.72. The van der Waals surface area contributed by atoms with Crippen LogP contribution in [0.1, 0.15) is 12.8 Å². The average Bonchev–Trinajstić information content (AvgIpc) is 2.26. The second kappa shape index (κ2) is 4.68. The normalized spacial score (nSPS) is 23.8. The van der Waals surface area contributed by atoms with Crippen LogP contribution >= 0.6 is 0 Å². The Hall–Kier alpha value is -1.28. The molecular weight excluding hydrogens is 281 g/mol. The van der Waals surface area contributed by atoms with Crippen molar-refractivity contribution < 1.29 is 21.6 Å². The van der Waals surface area contributed by atoms with E-state index in [0.29, 0.717) is 12.8 Å². The van der Waals surface area contributed by atoms with E-state index in [-0.39, 0.29) is 17.8 Å². The van der Waals surface area contributed by atoms with Crippen LogP contribution in [0.25, 0.3) is 0 Å². The number of hydrogen-bond acceptors (Lipinski definition) is 4. The van der Waals surface area contributed by atoms with E-state index in [1.54, 1.807) is 0 Å². The van der Waals surface area contributed by atoms with Crippen LogP contribution in [-0.4, -0.2) is 26.0 Å². The summed E-state index contributed by atoms with van der Waals surface area (Å²) in [6, 6.07) is 4.95. The molecule has 0 saturated heterocycles. The topological polar surface area (TPSA) is 72.2 Å². The fourth-order valence-corrected chi connectivity index (χ4v) is 2.87. The quantitative estimate of drug-likeness (QED) is 0.893. The van der Waals surface area contributed by atoms with Gasteiger partial charge in [0.05, 0.1) is 10.6 Å². The van der Waals surface area contributed by atoms with E-state index < -0.39 is 20.2 Å². The van der Waals surface area contributed by atoms with Crippen LogP contribution in [0, 0.1) is 0 Å². The number of sulfone groups is 1. The highest BCUT2D eigenvalue weighted by atomic mass is 32.2. The SMILES string of the molecule is NC1CC(Nc2ccccc2S(=O)(=O)C(F)(F)F)C1. The molecule has 8 heteroatoms. The Kier molecular flexibility index (Phi) is 3.48. The smallest absolute Gasteiger partial charge is 0.381 e. The van der Waals surface area contributed by atoms with Crippen molar-refractivity contribution in [3.8, 4) is 0 Å². The van der Waals surface area contributed by atoms with Crippen molar-refractivity contribution in [3.05, 3.63) is 24.3 Å². The molecule has 1 aromatic carbocycles. The molecule has 0 bridgehead atoms. The molecule has 19 heavy (non-hydrogen) atoms. The summed E-state index contributed by atoms with van der Waals surface area (Å²) in [5, 5.41) is 2.80. The number of benzene rings is 1. The van der Waals surface area contributed by atoms with Crippen LogP contribution in [0.3, 0.4) is 0 Å². The first-order valence-electron chi connectivity index (χ1n) is 5.64. The molecule has 3 N–H and O–H groups in total. The van der Waals surface area contributed by atoms with Gasteiger partial charge in [0.15, 0.2) is 0 Å².